The molecule has 19 heavy (non-hydrogen) atoms. The van der Waals surface area contributed by atoms with Crippen molar-refractivity contribution < 1.29 is 4.74 Å². The summed E-state index contributed by atoms with van der Waals surface area (Å²) >= 11 is 0. The van der Waals surface area contributed by atoms with Gasteiger partial charge in [-0.15, -0.1) is 0 Å². The standard InChI is InChI=1S/C13H21N5O/c1-4-12-11(9-17(2)16-12)10-18-7-5-14-13(18)15-6-8-19-3/h5,7,9H,4,6,8,10H2,1-3H3,(H,14,15). The van der Waals surface area contributed by atoms with Gasteiger partial charge in [0.05, 0.1) is 18.8 Å². The number of rotatable bonds is 7. The van der Waals surface area contributed by atoms with Crippen molar-refractivity contribution in [2.45, 2.75) is 19.9 Å². The summed E-state index contributed by atoms with van der Waals surface area (Å²) < 4.78 is 8.98. The quantitative estimate of drug-likeness (QED) is 0.765. The molecule has 2 heterocycles. The first-order chi connectivity index (χ1) is 9.24. The van der Waals surface area contributed by atoms with Gasteiger partial charge in [0.1, 0.15) is 0 Å². The van der Waals surface area contributed by atoms with Crippen LogP contribution < -0.4 is 5.32 Å². The molecule has 0 saturated heterocycles. The van der Waals surface area contributed by atoms with Crippen LogP contribution in [0.1, 0.15) is 18.2 Å². The number of anilines is 1. The first-order valence-corrected chi connectivity index (χ1v) is 6.50. The second-order valence-corrected chi connectivity index (χ2v) is 4.43. The SMILES string of the molecule is CCc1nn(C)cc1Cn1ccnc1NCCOC. The minimum Gasteiger partial charge on any atom is -0.383 e. The molecular weight excluding hydrogens is 242 g/mol. The number of hydrogen-bond donors (Lipinski definition) is 1. The summed E-state index contributed by atoms with van der Waals surface area (Å²) in [5.41, 5.74) is 2.37. The largest absolute Gasteiger partial charge is 0.383 e. The second-order valence-electron chi connectivity index (χ2n) is 4.43. The third-order valence-electron chi connectivity index (χ3n) is 2.97. The summed E-state index contributed by atoms with van der Waals surface area (Å²) in [7, 11) is 3.64. The van der Waals surface area contributed by atoms with E-state index < -0.39 is 0 Å². The molecule has 0 aliphatic rings. The van der Waals surface area contributed by atoms with E-state index in [1.807, 2.05) is 17.9 Å². The van der Waals surface area contributed by atoms with Crippen molar-refractivity contribution in [2.24, 2.45) is 7.05 Å². The summed E-state index contributed by atoms with van der Waals surface area (Å²) in [6.45, 7) is 4.32. The molecule has 2 aromatic rings. The number of aromatic nitrogens is 4. The number of methoxy groups -OCH3 is 1. The molecule has 0 saturated carbocycles. The van der Waals surface area contributed by atoms with Crippen LogP contribution in [0.15, 0.2) is 18.6 Å². The number of nitrogens with zero attached hydrogens (tertiary/aromatic N) is 4. The van der Waals surface area contributed by atoms with E-state index in [9.17, 15) is 0 Å². The van der Waals surface area contributed by atoms with Crippen molar-refractivity contribution >= 4 is 5.95 Å². The molecule has 0 spiro atoms. The van der Waals surface area contributed by atoms with Crippen LogP contribution in [0.3, 0.4) is 0 Å². The highest BCUT2D eigenvalue weighted by molar-refractivity contribution is 5.28. The fourth-order valence-electron chi connectivity index (χ4n) is 2.07. The van der Waals surface area contributed by atoms with Crippen molar-refractivity contribution in [1.29, 1.82) is 0 Å². The van der Waals surface area contributed by atoms with Crippen molar-refractivity contribution in [3.63, 3.8) is 0 Å². The minimum absolute atomic E-state index is 0.667. The maximum atomic E-state index is 5.03. The summed E-state index contributed by atoms with van der Waals surface area (Å²) in [6.07, 6.45) is 6.79. The monoisotopic (exact) mass is 263 g/mol. The van der Waals surface area contributed by atoms with Gasteiger partial charge in [0.2, 0.25) is 5.95 Å². The van der Waals surface area contributed by atoms with E-state index in [2.05, 4.69) is 33.1 Å². The molecule has 0 amide bonds. The highest BCUT2D eigenvalue weighted by atomic mass is 16.5. The topological polar surface area (TPSA) is 56.9 Å². The Morgan fingerprint density at radius 1 is 1.42 bits per heavy atom. The van der Waals surface area contributed by atoms with Crippen LogP contribution in [0.2, 0.25) is 0 Å². The fourth-order valence-corrected chi connectivity index (χ4v) is 2.07. The zero-order chi connectivity index (χ0) is 13.7. The molecule has 0 atom stereocenters. The lowest BCUT2D eigenvalue weighted by molar-refractivity contribution is 0.210. The van der Waals surface area contributed by atoms with Gasteiger partial charge < -0.3 is 14.6 Å². The van der Waals surface area contributed by atoms with Crippen molar-refractivity contribution in [3.8, 4) is 0 Å². The molecule has 0 aliphatic heterocycles. The van der Waals surface area contributed by atoms with E-state index in [-0.39, 0.29) is 0 Å². The zero-order valence-corrected chi connectivity index (χ0v) is 11.8. The molecule has 6 heteroatoms. The Labute approximate surface area is 113 Å². The Bertz CT molecular complexity index is 517. The summed E-state index contributed by atoms with van der Waals surface area (Å²) in [4.78, 5) is 4.32. The van der Waals surface area contributed by atoms with Crippen LogP contribution in [0.25, 0.3) is 0 Å². The Kier molecular flexibility index (Phi) is 4.57. The number of hydrogen-bond acceptors (Lipinski definition) is 4. The molecule has 0 unspecified atom stereocenters. The average Bonchev–Trinajstić information content (AvgIpc) is 2.97. The second kappa shape index (κ2) is 6.38. The number of nitrogens with one attached hydrogen (secondary N) is 1. The molecule has 2 rings (SSSR count). The summed E-state index contributed by atoms with van der Waals surface area (Å²) in [6, 6.07) is 0. The van der Waals surface area contributed by atoms with E-state index in [1.54, 1.807) is 13.3 Å². The van der Waals surface area contributed by atoms with E-state index in [4.69, 9.17) is 4.74 Å². The van der Waals surface area contributed by atoms with Gasteiger partial charge in [0.25, 0.3) is 0 Å². The van der Waals surface area contributed by atoms with Crippen LogP contribution in [0.4, 0.5) is 5.95 Å². The summed E-state index contributed by atoms with van der Waals surface area (Å²) in [5.74, 6) is 0.864. The van der Waals surface area contributed by atoms with E-state index in [0.717, 1.165) is 31.2 Å². The Balaban J connectivity index is 2.08. The lowest BCUT2D eigenvalue weighted by Gasteiger charge is -2.09. The third-order valence-corrected chi connectivity index (χ3v) is 2.97. The molecule has 0 radical (unpaired) electrons. The molecule has 0 aromatic carbocycles. The molecule has 0 bridgehead atoms. The van der Waals surface area contributed by atoms with Gasteiger partial charge in [-0.3, -0.25) is 4.68 Å². The smallest absolute Gasteiger partial charge is 0.203 e. The van der Waals surface area contributed by atoms with Crippen LogP contribution >= 0.6 is 0 Å². The lowest BCUT2D eigenvalue weighted by Crippen LogP contribution is -2.13. The van der Waals surface area contributed by atoms with Gasteiger partial charge in [-0.05, 0) is 6.42 Å². The van der Waals surface area contributed by atoms with Crippen LogP contribution in [0, 0.1) is 0 Å². The van der Waals surface area contributed by atoms with Crippen molar-refractivity contribution in [2.75, 3.05) is 25.6 Å². The Morgan fingerprint density at radius 3 is 3.00 bits per heavy atom. The van der Waals surface area contributed by atoms with Gasteiger partial charge >= 0.3 is 0 Å². The number of ether oxygens (including phenoxy) is 1. The molecular formula is C13H21N5O. The van der Waals surface area contributed by atoms with Gasteiger partial charge in [0, 0.05) is 44.9 Å². The first kappa shape index (κ1) is 13.6. The van der Waals surface area contributed by atoms with Crippen molar-refractivity contribution in [3.05, 3.63) is 29.8 Å². The maximum Gasteiger partial charge on any atom is 0.203 e. The van der Waals surface area contributed by atoms with Crippen LogP contribution in [-0.4, -0.2) is 39.6 Å². The highest BCUT2D eigenvalue weighted by Crippen LogP contribution is 2.13. The van der Waals surface area contributed by atoms with Gasteiger partial charge in [-0.1, -0.05) is 6.92 Å². The minimum atomic E-state index is 0.667. The fraction of sp³-hybridized carbons (Fsp3) is 0.538. The van der Waals surface area contributed by atoms with Gasteiger partial charge in [-0.25, -0.2) is 4.98 Å². The molecule has 104 valence electrons. The molecule has 0 aliphatic carbocycles. The lowest BCUT2D eigenvalue weighted by atomic mass is 10.2. The molecule has 1 N–H and O–H groups in total. The summed E-state index contributed by atoms with van der Waals surface area (Å²) in [5, 5.41) is 7.72. The predicted molar refractivity (Wildman–Crippen MR) is 74.3 cm³/mol. The van der Waals surface area contributed by atoms with Crippen LogP contribution in [0.5, 0.6) is 0 Å². The van der Waals surface area contributed by atoms with Crippen molar-refractivity contribution in [1.82, 2.24) is 19.3 Å². The number of aryl methyl sites for hydroxylation is 2. The predicted octanol–water partition coefficient (Wildman–Crippen LogP) is 1.29. The zero-order valence-electron chi connectivity index (χ0n) is 11.8. The molecule has 2 aromatic heterocycles. The first-order valence-electron chi connectivity index (χ1n) is 6.50. The van der Waals surface area contributed by atoms with Gasteiger partial charge in [0.15, 0.2) is 0 Å². The Morgan fingerprint density at radius 2 is 2.26 bits per heavy atom. The Hall–Kier alpha value is -1.82. The number of imidazole rings is 1. The average molecular weight is 263 g/mol. The van der Waals surface area contributed by atoms with E-state index in [1.165, 1.54) is 5.56 Å². The molecule has 0 fully saturated rings. The van der Waals surface area contributed by atoms with E-state index in [0.29, 0.717) is 6.61 Å². The van der Waals surface area contributed by atoms with Gasteiger partial charge in [-0.2, -0.15) is 5.10 Å². The molecule has 6 nitrogen and oxygen atoms in total. The highest BCUT2D eigenvalue weighted by Gasteiger charge is 2.09. The third kappa shape index (κ3) is 3.35. The van der Waals surface area contributed by atoms with Crippen LogP contribution in [-0.2, 0) is 24.8 Å². The maximum absolute atomic E-state index is 5.03. The van der Waals surface area contributed by atoms with E-state index >= 15 is 0 Å². The normalized spacial score (nSPS) is 10.9.